The molecule has 0 spiro atoms. The zero-order valence-corrected chi connectivity index (χ0v) is 15.2. The molecule has 1 heterocycles. The van der Waals surface area contributed by atoms with Gasteiger partial charge in [-0.05, 0) is 70.7 Å². The predicted molar refractivity (Wildman–Crippen MR) is 96.1 cm³/mol. The lowest BCUT2D eigenvalue weighted by Gasteiger charge is -2.21. The van der Waals surface area contributed by atoms with Crippen molar-refractivity contribution in [3.05, 3.63) is 56.6 Å². The van der Waals surface area contributed by atoms with E-state index in [9.17, 15) is 9.90 Å². The molecule has 0 amide bonds. The molecule has 0 bridgehead atoms. The molecule has 0 saturated heterocycles. The van der Waals surface area contributed by atoms with Crippen LogP contribution in [-0.2, 0) is 0 Å². The number of ether oxygens (including phenoxy) is 2. The molecule has 5 heteroatoms. The fourth-order valence-electron chi connectivity index (χ4n) is 2.86. The molecule has 0 fully saturated rings. The van der Waals surface area contributed by atoms with Crippen LogP contribution in [-0.4, -0.2) is 24.6 Å². The van der Waals surface area contributed by atoms with Crippen LogP contribution in [0.4, 0.5) is 0 Å². The van der Waals surface area contributed by atoms with Gasteiger partial charge in [0.15, 0.2) is 17.3 Å². The molecule has 0 atom stereocenters. The lowest BCUT2D eigenvalue weighted by atomic mass is 9.93. The third-order valence-electron chi connectivity index (χ3n) is 3.96. The number of rotatable bonds is 2. The molecule has 1 aliphatic rings. The van der Waals surface area contributed by atoms with E-state index in [-0.39, 0.29) is 18.1 Å². The van der Waals surface area contributed by atoms with Gasteiger partial charge in [-0.15, -0.1) is 0 Å². The molecule has 0 aliphatic carbocycles. The van der Waals surface area contributed by atoms with E-state index < -0.39 is 0 Å². The number of carbonyl (C=O) groups excluding carboxylic acids is 1. The number of fused-ring (bicyclic) bond motifs is 1. The Hall–Kier alpha value is -2.27. The second-order valence-electron chi connectivity index (χ2n) is 5.80. The number of Topliss-reactive ketones (excluding diaryl/α,β-unsaturated/α-hetero) is 1. The van der Waals surface area contributed by atoms with Gasteiger partial charge in [-0.2, -0.15) is 0 Å². The predicted octanol–water partition coefficient (Wildman–Crippen LogP) is 4.44. The maximum Gasteiger partial charge on any atom is 0.196 e. The number of aryl methyl sites for hydroxylation is 2. The molecule has 3 rings (SSSR count). The van der Waals surface area contributed by atoms with E-state index in [0.29, 0.717) is 27.1 Å². The standard InChI is InChI=1S/C19H17BrO4/c1-10-4-11(2)17-15(5-10)24-9-13(18(17)21)6-12-7-14(20)19(22)16(8-12)23-3/h4-8,22H,9H2,1-3H3/b13-6+. The number of hydrogen-bond donors (Lipinski definition) is 1. The van der Waals surface area contributed by atoms with Crippen molar-refractivity contribution in [2.75, 3.05) is 13.7 Å². The molecule has 4 nitrogen and oxygen atoms in total. The lowest BCUT2D eigenvalue weighted by molar-refractivity contribution is 0.1000. The van der Waals surface area contributed by atoms with E-state index in [2.05, 4.69) is 15.9 Å². The number of hydrogen-bond acceptors (Lipinski definition) is 4. The zero-order valence-electron chi connectivity index (χ0n) is 13.6. The highest BCUT2D eigenvalue weighted by atomic mass is 79.9. The van der Waals surface area contributed by atoms with Crippen LogP contribution < -0.4 is 9.47 Å². The van der Waals surface area contributed by atoms with Gasteiger partial charge in [-0.3, -0.25) is 4.79 Å². The minimum atomic E-state index is -0.0306. The summed E-state index contributed by atoms with van der Waals surface area (Å²) in [5, 5.41) is 9.89. The number of benzene rings is 2. The molecule has 0 saturated carbocycles. The number of halogens is 1. The van der Waals surface area contributed by atoms with Gasteiger partial charge in [0, 0.05) is 5.57 Å². The highest BCUT2D eigenvalue weighted by Gasteiger charge is 2.25. The van der Waals surface area contributed by atoms with Crippen molar-refractivity contribution in [1.82, 2.24) is 0 Å². The van der Waals surface area contributed by atoms with E-state index >= 15 is 0 Å². The molecule has 0 radical (unpaired) electrons. The van der Waals surface area contributed by atoms with Crippen LogP contribution in [0, 0.1) is 13.8 Å². The van der Waals surface area contributed by atoms with E-state index in [0.717, 1.165) is 16.7 Å². The van der Waals surface area contributed by atoms with Crippen molar-refractivity contribution in [3.63, 3.8) is 0 Å². The van der Waals surface area contributed by atoms with Crippen LogP contribution in [0.5, 0.6) is 17.2 Å². The van der Waals surface area contributed by atoms with Crippen LogP contribution in [0.15, 0.2) is 34.3 Å². The molecule has 1 aliphatic heterocycles. The maximum absolute atomic E-state index is 12.8. The summed E-state index contributed by atoms with van der Waals surface area (Å²) < 4.78 is 11.4. The lowest BCUT2D eigenvalue weighted by Crippen LogP contribution is -2.20. The minimum absolute atomic E-state index is 0.0301. The van der Waals surface area contributed by atoms with Crippen LogP contribution in [0.1, 0.15) is 27.0 Å². The quantitative estimate of drug-likeness (QED) is 0.772. The smallest absolute Gasteiger partial charge is 0.196 e. The molecule has 0 unspecified atom stereocenters. The molecule has 0 aromatic heterocycles. The van der Waals surface area contributed by atoms with E-state index in [1.54, 1.807) is 18.2 Å². The first-order chi connectivity index (χ1) is 11.4. The van der Waals surface area contributed by atoms with Crippen molar-refractivity contribution < 1.29 is 19.4 Å². The third kappa shape index (κ3) is 2.91. The Balaban J connectivity index is 2.04. The topological polar surface area (TPSA) is 55.8 Å². The summed E-state index contributed by atoms with van der Waals surface area (Å²) in [5.41, 5.74) is 3.90. The number of ketones is 1. The molecule has 124 valence electrons. The summed E-state index contributed by atoms with van der Waals surface area (Å²) in [6.07, 6.45) is 1.76. The van der Waals surface area contributed by atoms with Crippen molar-refractivity contribution in [1.29, 1.82) is 0 Å². The van der Waals surface area contributed by atoms with Gasteiger partial charge in [-0.1, -0.05) is 6.07 Å². The first kappa shape index (κ1) is 16.6. The van der Waals surface area contributed by atoms with Crippen molar-refractivity contribution >= 4 is 27.8 Å². The summed E-state index contributed by atoms with van der Waals surface area (Å²) in [6.45, 7) is 4.11. The molecule has 2 aromatic carbocycles. The summed E-state index contributed by atoms with van der Waals surface area (Å²) >= 11 is 3.29. The molecule has 2 aromatic rings. The van der Waals surface area contributed by atoms with Gasteiger partial charge >= 0.3 is 0 Å². The molecular weight excluding hydrogens is 372 g/mol. The SMILES string of the molecule is COc1cc(/C=C2\COc3cc(C)cc(C)c3C2=O)cc(Br)c1O. The van der Waals surface area contributed by atoms with Gasteiger partial charge in [0.2, 0.25) is 0 Å². The number of phenolic OH excluding ortho intramolecular Hbond substituents is 1. The van der Waals surface area contributed by atoms with E-state index in [1.807, 2.05) is 26.0 Å². The van der Waals surface area contributed by atoms with Crippen molar-refractivity contribution in [3.8, 4) is 17.2 Å². The third-order valence-corrected chi connectivity index (χ3v) is 4.56. The Morgan fingerprint density at radius 1 is 1.25 bits per heavy atom. The Labute approximate surface area is 148 Å². The average molecular weight is 389 g/mol. The second-order valence-corrected chi connectivity index (χ2v) is 6.65. The van der Waals surface area contributed by atoms with Crippen molar-refractivity contribution in [2.24, 2.45) is 0 Å². The zero-order chi connectivity index (χ0) is 17.4. The van der Waals surface area contributed by atoms with E-state index in [4.69, 9.17) is 9.47 Å². The Bertz CT molecular complexity index is 868. The van der Waals surface area contributed by atoms with Crippen LogP contribution in [0.3, 0.4) is 0 Å². The largest absolute Gasteiger partial charge is 0.503 e. The Morgan fingerprint density at radius 2 is 2.00 bits per heavy atom. The van der Waals surface area contributed by atoms with Gasteiger partial charge in [0.25, 0.3) is 0 Å². The Kier molecular flexibility index (Phi) is 4.37. The first-order valence-electron chi connectivity index (χ1n) is 7.46. The van der Waals surface area contributed by atoms with Gasteiger partial charge in [0.05, 0.1) is 17.1 Å². The number of aromatic hydroxyl groups is 1. The molecule has 24 heavy (non-hydrogen) atoms. The number of methoxy groups -OCH3 is 1. The summed E-state index contributed by atoms with van der Waals surface area (Å²) in [7, 11) is 1.48. The highest BCUT2D eigenvalue weighted by molar-refractivity contribution is 9.10. The second kappa shape index (κ2) is 6.32. The number of carbonyl (C=O) groups is 1. The molecular formula is C19H17BrO4. The van der Waals surface area contributed by atoms with Gasteiger partial charge in [-0.25, -0.2) is 0 Å². The summed E-state index contributed by atoms with van der Waals surface area (Å²) in [6, 6.07) is 7.27. The number of phenols is 1. The maximum atomic E-state index is 12.8. The van der Waals surface area contributed by atoms with Crippen LogP contribution >= 0.6 is 15.9 Å². The normalized spacial score (nSPS) is 15.2. The van der Waals surface area contributed by atoms with Crippen molar-refractivity contribution in [2.45, 2.75) is 13.8 Å². The highest BCUT2D eigenvalue weighted by Crippen LogP contribution is 2.37. The minimum Gasteiger partial charge on any atom is -0.503 e. The fourth-order valence-corrected chi connectivity index (χ4v) is 3.32. The Morgan fingerprint density at radius 3 is 2.71 bits per heavy atom. The average Bonchev–Trinajstić information content (AvgIpc) is 2.52. The van der Waals surface area contributed by atoms with Gasteiger partial charge < -0.3 is 14.6 Å². The van der Waals surface area contributed by atoms with Crippen LogP contribution in [0.25, 0.3) is 6.08 Å². The summed E-state index contributed by atoms with van der Waals surface area (Å²) in [5.74, 6) is 0.978. The first-order valence-corrected chi connectivity index (χ1v) is 8.26. The van der Waals surface area contributed by atoms with Crippen LogP contribution in [0.2, 0.25) is 0 Å². The summed E-state index contributed by atoms with van der Waals surface area (Å²) in [4.78, 5) is 12.8. The van der Waals surface area contributed by atoms with E-state index in [1.165, 1.54) is 7.11 Å². The monoisotopic (exact) mass is 388 g/mol. The van der Waals surface area contributed by atoms with Gasteiger partial charge in [0.1, 0.15) is 12.4 Å². The fraction of sp³-hybridized carbons (Fsp3) is 0.211. The molecule has 1 N–H and O–H groups in total.